The maximum atomic E-state index is 10.7. The predicted octanol–water partition coefficient (Wildman–Crippen LogP) is 1.94. The average molecular weight is 283 g/mol. The van der Waals surface area contributed by atoms with Crippen molar-refractivity contribution in [2.45, 2.75) is 33.2 Å². The third kappa shape index (κ3) is 4.03. The lowest BCUT2D eigenvalue weighted by Gasteiger charge is -2.29. The summed E-state index contributed by atoms with van der Waals surface area (Å²) >= 11 is 0. The molecular formula is C14H21NO3S. The highest BCUT2D eigenvalue weighted by Gasteiger charge is 2.17. The van der Waals surface area contributed by atoms with Gasteiger partial charge in [-0.25, -0.2) is 0 Å². The lowest BCUT2D eigenvalue weighted by Crippen LogP contribution is -2.32. The zero-order valence-corrected chi connectivity index (χ0v) is 12.3. The topological polar surface area (TPSA) is 57.6 Å². The number of rotatable bonds is 4. The molecule has 1 aromatic carbocycles. The smallest absolute Gasteiger partial charge is 0.264 e. The molecule has 2 rings (SSSR count). The van der Waals surface area contributed by atoms with Crippen LogP contribution in [0.25, 0.3) is 0 Å². The molecule has 1 aromatic rings. The molecule has 0 fully saturated rings. The number of nitrogens with zero attached hydrogens (tertiary/aromatic N) is 1. The SMILES string of the molecule is Cc1cc2c(cc1C)CN(CCCS(=O)(=O)O)CC2. The molecule has 0 saturated heterocycles. The lowest BCUT2D eigenvalue weighted by molar-refractivity contribution is 0.254. The highest BCUT2D eigenvalue weighted by atomic mass is 32.2. The Morgan fingerprint density at radius 3 is 2.47 bits per heavy atom. The van der Waals surface area contributed by atoms with Gasteiger partial charge in [0.15, 0.2) is 0 Å². The second kappa shape index (κ2) is 5.61. The number of aryl methyl sites for hydroxylation is 2. The van der Waals surface area contributed by atoms with E-state index in [0.29, 0.717) is 13.0 Å². The van der Waals surface area contributed by atoms with Gasteiger partial charge in [0, 0.05) is 13.1 Å². The van der Waals surface area contributed by atoms with Crippen LogP contribution in [-0.4, -0.2) is 36.7 Å². The van der Waals surface area contributed by atoms with E-state index in [-0.39, 0.29) is 5.75 Å². The fourth-order valence-corrected chi connectivity index (χ4v) is 3.07. The van der Waals surface area contributed by atoms with E-state index < -0.39 is 10.1 Å². The first kappa shape index (κ1) is 14.5. The average Bonchev–Trinajstić information content (AvgIpc) is 2.29. The second-order valence-corrected chi connectivity index (χ2v) is 6.94. The Balaban J connectivity index is 1.96. The zero-order chi connectivity index (χ0) is 14.0. The van der Waals surface area contributed by atoms with Gasteiger partial charge in [0.2, 0.25) is 0 Å². The van der Waals surface area contributed by atoms with Crippen molar-refractivity contribution < 1.29 is 13.0 Å². The van der Waals surface area contributed by atoms with E-state index in [4.69, 9.17) is 4.55 Å². The largest absolute Gasteiger partial charge is 0.299 e. The van der Waals surface area contributed by atoms with E-state index in [1.165, 1.54) is 22.3 Å². The van der Waals surface area contributed by atoms with Gasteiger partial charge in [-0.2, -0.15) is 8.42 Å². The number of benzene rings is 1. The molecule has 0 radical (unpaired) electrons. The summed E-state index contributed by atoms with van der Waals surface area (Å²) in [5.74, 6) is -0.150. The molecule has 1 heterocycles. The summed E-state index contributed by atoms with van der Waals surface area (Å²) in [6.07, 6.45) is 1.50. The molecule has 19 heavy (non-hydrogen) atoms. The Morgan fingerprint density at radius 2 is 1.84 bits per heavy atom. The van der Waals surface area contributed by atoms with Gasteiger partial charge < -0.3 is 0 Å². The minimum atomic E-state index is -3.82. The minimum absolute atomic E-state index is 0.150. The third-order valence-corrected chi connectivity index (χ3v) is 4.59. The number of hydrogen-bond donors (Lipinski definition) is 1. The van der Waals surface area contributed by atoms with E-state index >= 15 is 0 Å². The summed E-state index contributed by atoms with van der Waals surface area (Å²) in [5, 5.41) is 0. The molecule has 0 atom stereocenters. The van der Waals surface area contributed by atoms with Crippen molar-refractivity contribution >= 4 is 10.1 Å². The summed E-state index contributed by atoms with van der Waals surface area (Å²) < 4.78 is 30.1. The summed E-state index contributed by atoms with van der Waals surface area (Å²) in [4.78, 5) is 2.25. The van der Waals surface area contributed by atoms with Crippen LogP contribution in [0.1, 0.15) is 28.7 Å². The van der Waals surface area contributed by atoms with Crippen molar-refractivity contribution in [2.75, 3.05) is 18.8 Å². The molecule has 1 aliphatic heterocycles. The Bertz CT molecular complexity index is 566. The molecule has 1 N–H and O–H groups in total. The van der Waals surface area contributed by atoms with E-state index in [2.05, 4.69) is 30.9 Å². The third-order valence-electron chi connectivity index (χ3n) is 3.78. The van der Waals surface area contributed by atoms with Gasteiger partial charge >= 0.3 is 0 Å². The van der Waals surface area contributed by atoms with Gasteiger partial charge in [-0.3, -0.25) is 9.45 Å². The van der Waals surface area contributed by atoms with Gasteiger partial charge in [-0.05, 0) is 55.5 Å². The number of fused-ring (bicyclic) bond motifs is 1. The molecule has 0 aliphatic carbocycles. The molecule has 0 unspecified atom stereocenters. The molecular weight excluding hydrogens is 262 g/mol. The molecule has 0 saturated carbocycles. The zero-order valence-electron chi connectivity index (χ0n) is 11.5. The Labute approximate surface area is 115 Å². The van der Waals surface area contributed by atoms with Crippen LogP contribution in [0, 0.1) is 13.8 Å². The standard InChI is InChI=1S/C14H21NO3S/c1-11-8-13-4-6-15(5-3-7-19(16,17)18)10-14(13)9-12(11)2/h8-9H,3-7,10H2,1-2H3,(H,16,17,18). The molecule has 0 aromatic heterocycles. The Morgan fingerprint density at radius 1 is 1.21 bits per heavy atom. The molecule has 5 heteroatoms. The first-order chi connectivity index (χ1) is 8.85. The van der Waals surface area contributed by atoms with Crippen molar-refractivity contribution in [2.24, 2.45) is 0 Å². The first-order valence-corrected chi connectivity index (χ1v) is 8.22. The van der Waals surface area contributed by atoms with Crippen LogP contribution < -0.4 is 0 Å². The van der Waals surface area contributed by atoms with Crippen LogP contribution >= 0.6 is 0 Å². The minimum Gasteiger partial charge on any atom is -0.299 e. The maximum Gasteiger partial charge on any atom is 0.264 e. The fourth-order valence-electron chi connectivity index (χ4n) is 2.58. The highest BCUT2D eigenvalue weighted by molar-refractivity contribution is 7.85. The van der Waals surface area contributed by atoms with Gasteiger partial charge in [-0.15, -0.1) is 0 Å². The quantitative estimate of drug-likeness (QED) is 0.858. The van der Waals surface area contributed by atoms with Crippen molar-refractivity contribution in [1.29, 1.82) is 0 Å². The van der Waals surface area contributed by atoms with Gasteiger partial charge in [0.1, 0.15) is 0 Å². The van der Waals surface area contributed by atoms with Crippen LogP contribution in [-0.2, 0) is 23.1 Å². The summed E-state index contributed by atoms with van der Waals surface area (Å²) in [6.45, 7) is 6.80. The van der Waals surface area contributed by atoms with Crippen molar-refractivity contribution in [3.8, 4) is 0 Å². The fraction of sp³-hybridized carbons (Fsp3) is 0.571. The van der Waals surface area contributed by atoms with E-state index in [1.807, 2.05) is 0 Å². The summed E-state index contributed by atoms with van der Waals surface area (Å²) in [7, 11) is -3.82. The Kier molecular flexibility index (Phi) is 4.28. The first-order valence-electron chi connectivity index (χ1n) is 6.62. The van der Waals surface area contributed by atoms with Gasteiger partial charge in [-0.1, -0.05) is 12.1 Å². The van der Waals surface area contributed by atoms with E-state index in [1.54, 1.807) is 0 Å². The Hall–Kier alpha value is -0.910. The molecule has 0 amide bonds. The molecule has 0 spiro atoms. The monoisotopic (exact) mass is 283 g/mol. The van der Waals surface area contributed by atoms with Crippen molar-refractivity contribution in [1.82, 2.24) is 4.90 Å². The van der Waals surface area contributed by atoms with Crippen LogP contribution in [0.15, 0.2) is 12.1 Å². The molecule has 0 bridgehead atoms. The van der Waals surface area contributed by atoms with Crippen LogP contribution in [0.5, 0.6) is 0 Å². The van der Waals surface area contributed by atoms with Gasteiger partial charge in [0.05, 0.1) is 5.75 Å². The highest BCUT2D eigenvalue weighted by Crippen LogP contribution is 2.22. The van der Waals surface area contributed by atoms with Crippen LogP contribution in [0.3, 0.4) is 0 Å². The summed E-state index contributed by atoms with van der Waals surface area (Å²) in [6, 6.07) is 4.50. The summed E-state index contributed by atoms with van der Waals surface area (Å²) in [5.41, 5.74) is 5.40. The maximum absolute atomic E-state index is 10.7. The number of hydrogen-bond acceptors (Lipinski definition) is 3. The normalized spacial score (nSPS) is 16.4. The molecule has 1 aliphatic rings. The van der Waals surface area contributed by atoms with Crippen LogP contribution in [0.2, 0.25) is 0 Å². The predicted molar refractivity (Wildman–Crippen MR) is 75.9 cm³/mol. The second-order valence-electron chi connectivity index (χ2n) is 5.37. The van der Waals surface area contributed by atoms with Gasteiger partial charge in [0.25, 0.3) is 10.1 Å². The van der Waals surface area contributed by atoms with E-state index in [0.717, 1.165) is 19.5 Å². The van der Waals surface area contributed by atoms with Crippen molar-refractivity contribution in [3.05, 3.63) is 34.4 Å². The van der Waals surface area contributed by atoms with E-state index in [9.17, 15) is 8.42 Å². The molecule has 4 nitrogen and oxygen atoms in total. The van der Waals surface area contributed by atoms with Crippen molar-refractivity contribution in [3.63, 3.8) is 0 Å². The lowest BCUT2D eigenvalue weighted by atomic mass is 9.94. The van der Waals surface area contributed by atoms with Crippen LogP contribution in [0.4, 0.5) is 0 Å². The molecule has 106 valence electrons.